The van der Waals surface area contributed by atoms with Gasteiger partial charge in [-0.25, -0.2) is 8.78 Å². The van der Waals surface area contributed by atoms with Crippen molar-refractivity contribution in [3.63, 3.8) is 0 Å². The Bertz CT molecular complexity index is 1480. The second kappa shape index (κ2) is 11.4. The molecule has 1 atom stereocenters. The van der Waals surface area contributed by atoms with Gasteiger partial charge in [-0.2, -0.15) is 5.10 Å². The van der Waals surface area contributed by atoms with E-state index in [4.69, 9.17) is 0 Å². The minimum Gasteiger partial charge on any atom is -0.319 e. The summed E-state index contributed by atoms with van der Waals surface area (Å²) in [5.74, 6) is -2.61. The second-order valence-corrected chi connectivity index (χ2v) is 11.2. The number of pyridine rings is 2. The molecule has 2 aliphatic rings. The lowest BCUT2D eigenvalue weighted by molar-refractivity contribution is -0.0148. The van der Waals surface area contributed by atoms with Crippen molar-refractivity contribution >= 4 is 22.5 Å². The first-order valence-electron chi connectivity index (χ1n) is 14.2. The van der Waals surface area contributed by atoms with E-state index in [-0.39, 0.29) is 24.7 Å². The number of hydrogen-bond acceptors (Lipinski definition) is 5. The van der Waals surface area contributed by atoms with Crippen molar-refractivity contribution in [2.45, 2.75) is 63.8 Å². The Balaban J connectivity index is 1.16. The Morgan fingerprint density at radius 2 is 1.88 bits per heavy atom. The average molecular weight is 545 g/mol. The number of hydrogen-bond donors (Lipinski definition) is 2. The Kier molecular flexibility index (Phi) is 7.56. The van der Waals surface area contributed by atoms with Crippen molar-refractivity contribution < 1.29 is 13.6 Å². The zero-order valence-electron chi connectivity index (χ0n) is 22.5. The lowest BCUT2D eigenvalue weighted by Crippen LogP contribution is -2.19. The molecule has 0 radical (unpaired) electrons. The molecule has 1 aliphatic heterocycles. The number of anilines is 1. The van der Waals surface area contributed by atoms with E-state index in [0.29, 0.717) is 29.6 Å². The molecule has 40 heavy (non-hydrogen) atoms. The summed E-state index contributed by atoms with van der Waals surface area (Å²) in [5, 5.41) is 10.9. The van der Waals surface area contributed by atoms with Crippen LogP contribution in [0.5, 0.6) is 0 Å². The fourth-order valence-electron chi connectivity index (χ4n) is 5.95. The molecular weight excluding hydrogens is 510 g/mol. The summed E-state index contributed by atoms with van der Waals surface area (Å²) >= 11 is 0. The third-order valence-corrected chi connectivity index (χ3v) is 8.17. The number of benzene rings is 1. The lowest BCUT2D eigenvalue weighted by atomic mass is 9.92. The third-order valence-electron chi connectivity index (χ3n) is 8.17. The van der Waals surface area contributed by atoms with Crippen molar-refractivity contribution in [3.8, 4) is 11.1 Å². The molecule has 7 nitrogen and oxygen atoms in total. The Labute approximate surface area is 232 Å². The highest BCUT2D eigenvalue weighted by atomic mass is 19.3. The number of fused-ring (bicyclic) bond motifs is 1. The van der Waals surface area contributed by atoms with E-state index in [1.54, 1.807) is 12.4 Å². The highest BCUT2D eigenvalue weighted by Gasteiger charge is 2.32. The molecule has 9 heteroatoms. The van der Waals surface area contributed by atoms with Crippen LogP contribution in [-0.4, -0.2) is 50.0 Å². The van der Waals surface area contributed by atoms with Crippen molar-refractivity contribution in [2.75, 3.05) is 18.4 Å². The van der Waals surface area contributed by atoms with Crippen molar-refractivity contribution in [1.82, 2.24) is 25.1 Å². The number of carbonyl (C=O) groups excluding carboxylic acids is 1. The minimum absolute atomic E-state index is 0.0109. The summed E-state index contributed by atoms with van der Waals surface area (Å²) in [6.45, 7) is 3.04. The number of amides is 1. The molecule has 4 aromatic rings. The van der Waals surface area contributed by atoms with Crippen LogP contribution in [0.25, 0.3) is 22.0 Å². The van der Waals surface area contributed by atoms with Gasteiger partial charge in [0.1, 0.15) is 0 Å². The lowest BCUT2D eigenvalue weighted by Gasteiger charge is -2.15. The largest absolute Gasteiger partial charge is 0.319 e. The van der Waals surface area contributed by atoms with Gasteiger partial charge in [-0.3, -0.25) is 24.8 Å². The van der Waals surface area contributed by atoms with Gasteiger partial charge in [0.2, 0.25) is 5.92 Å². The van der Waals surface area contributed by atoms with E-state index in [2.05, 4.69) is 36.4 Å². The maximum absolute atomic E-state index is 13.8. The summed E-state index contributed by atoms with van der Waals surface area (Å²) in [7, 11) is 0. The van der Waals surface area contributed by atoms with Gasteiger partial charge < -0.3 is 5.32 Å². The molecule has 208 valence electrons. The zero-order chi connectivity index (χ0) is 27.5. The quantitative estimate of drug-likeness (QED) is 0.255. The first-order valence-corrected chi connectivity index (χ1v) is 14.2. The SMILES string of the molecule is O=C(Nc1ccc(CN2CCCC2)nc1)c1n[nH]c2ccc(-c3cncc(CC4CCCC(F)(F)CC4)c3)cc12. The fraction of sp³-hybridized carbons (Fsp3) is 0.419. The van der Waals surface area contributed by atoms with Gasteiger partial charge in [0, 0.05) is 42.7 Å². The van der Waals surface area contributed by atoms with Gasteiger partial charge >= 0.3 is 0 Å². The highest BCUT2D eigenvalue weighted by Crippen LogP contribution is 2.36. The number of alkyl halides is 2. The van der Waals surface area contributed by atoms with Gasteiger partial charge in [0.05, 0.1) is 23.1 Å². The summed E-state index contributed by atoms with van der Waals surface area (Å²) in [4.78, 5) is 24.5. The molecule has 0 spiro atoms. The fourth-order valence-corrected chi connectivity index (χ4v) is 5.95. The van der Waals surface area contributed by atoms with Crippen LogP contribution in [0.3, 0.4) is 0 Å². The molecule has 1 amide bonds. The Hall–Kier alpha value is -3.72. The minimum atomic E-state index is -2.54. The van der Waals surface area contributed by atoms with Crippen LogP contribution < -0.4 is 5.32 Å². The van der Waals surface area contributed by atoms with Gasteiger partial charge in [-0.05, 0) is 99.0 Å². The molecule has 1 saturated carbocycles. The number of H-pyrrole nitrogens is 1. The molecule has 6 rings (SSSR count). The van der Waals surface area contributed by atoms with E-state index >= 15 is 0 Å². The monoisotopic (exact) mass is 544 g/mol. The van der Waals surface area contributed by atoms with E-state index < -0.39 is 5.92 Å². The molecule has 3 aromatic heterocycles. The summed E-state index contributed by atoms with van der Waals surface area (Å²) in [6, 6.07) is 11.7. The number of likely N-dealkylation sites (tertiary alicyclic amines) is 1. The van der Waals surface area contributed by atoms with Crippen LogP contribution in [0.4, 0.5) is 14.5 Å². The number of halogens is 2. The Morgan fingerprint density at radius 3 is 2.70 bits per heavy atom. The molecule has 1 aromatic carbocycles. The first kappa shape index (κ1) is 26.5. The predicted octanol–water partition coefficient (Wildman–Crippen LogP) is 6.63. The standard InChI is InChI=1S/C31H34F2N6O/c32-31(33)10-3-4-21(9-11-31)14-22-15-24(18-34-17-22)23-5-8-28-27(16-23)29(38-37-28)30(40)36-25-6-7-26(35-19-25)20-39-12-1-2-13-39/h5-8,15-19,21H,1-4,9-14,20H2,(H,36,40)(H,37,38). The van der Waals surface area contributed by atoms with Crippen LogP contribution in [0.15, 0.2) is 55.0 Å². The van der Waals surface area contributed by atoms with Gasteiger partial charge in [0.25, 0.3) is 5.91 Å². The highest BCUT2D eigenvalue weighted by molar-refractivity contribution is 6.11. The number of rotatable bonds is 7. The molecule has 2 N–H and O–H groups in total. The molecule has 2 fully saturated rings. The molecule has 0 bridgehead atoms. The van der Waals surface area contributed by atoms with Crippen LogP contribution in [0.2, 0.25) is 0 Å². The Morgan fingerprint density at radius 1 is 1.00 bits per heavy atom. The molecule has 1 saturated heterocycles. The van der Waals surface area contributed by atoms with E-state index in [1.165, 1.54) is 12.8 Å². The first-order chi connectivity index (χ1) is 19.4. The topological polar surface area (TPSA) is 86.8 Å². The number of carbonyl (C=O) groups is 1. The third kappa shape index (κ3) is 6.20. The second-order valence-electron chi connectivity index (χ2n) is 11.2. The van der Waals surface area contributed by atoms with Crippen molar-refractivity contribution in [2.24, 2.45) is 5.92 Å². The number of nitrogens with one attached hydrogen (secondary N) is 2. The van der Waals surface area contributed by atoms with Gasteiger partial charge in [-0.1, -0.05) is 6.07 Å². The van der Waals surface area contributed by atoms with E-state index in [1.807, 2.05) is 36.5 Å². The van der Waals surface area contributed by atoms with E-state index in [9.17, 15) is 13.6 Å². The van der Waals surface area contributed by atoms with E-state index in [0.717, 1.165) is 60.4 Å². The normalized spacial score (nSPS) is 19.5. The number of nitrogens with zero attached hydrogens (tertiary/aromatic N) is 4. The number of aromatic nitrogens is 4. The van der Waals surface area contributed by atoms with Crippen LogP contribution in [0, 0.1) is 5.92 Å². The maximum atomic E-state index is 13.8. The smallest absolute Gasteiger partial charge is 0.276 e. The van der Waals surface area contributed by atoms with Crippen molar-refractivity contribution in [3.05, 3.63) is 71.9 Å². The zero-order valence-corrected chi connectivity index (χ0v) is 22.5. The molecule has 1 aliphatic carbocycles. The predicted molar refractivity (Wildman–Crippen MR) is 151 cm³/mol. The molecular formula is C31H34F2N6O. The average Bonchev–Trinajstić information content (AvgIpc) is 3.59. The molecule has 1 unspecified atom stereocenters. The van der Waals surface area contributed by atoms with Crippen LogP contribution in [0.1, 0.15) is 66.7 Å². The summed E-state index contributed by atoms with van der Waals surface area (Å²) in [6.07, 6.45) is 10.4. The summed E-state index contributed by atoms with van der Waals surface area (Å²) < 4.78 is 27.6. The maximum Gasteiger partial charge on any atom is 0.276 e. The van der Waals surface area contributed by atoms with Gasteiger partial charge in [-0.15, -0.1) is 0 Å². The summed E-state index contributed by atoms with van der Waals surface area (Å²) in [5.41, 5.74) is 5.55. The molecule has 4 heterocycles. The van der Waals surface area contributed by atoms with Crippen LogP contribution >= 0.6 is 0 Å². The van der Waals surface area contributed by atoms with Crippen molar-refractivity contribution in [1.29, 1.82) is 0 Å². The van der Waals surface area contributed by atoms with Gasteiger partial charge in [0.15, 0.2) is 5.69 Å². The van der Waals surface area contributed by atoms with Crippen LogP contribution in [-0.2, 0) is 13.0 Å². The number of aromatic amines is 1.